The Morgan fingerprint density at radius 3 is 2.68 bits per heavy atom. The number of carbonyl (C=O) groups excluding carboxylic acids is 2. The van der Waals surface area contributed by atoms with E-state index in [1.807, 2.05) is 55.5 Å². The Labute approximate surface area is 200 Å². The summed E-state index contributed by atoms with van der Waals surface area (Å²) in [5, 5.41) is 1.02. The first-order valence-electron chi connectivity index (χ1n) is 11.8. The fraction of sp³-hybridized carbons (Fsp3) is 0.357. The van der Waals surface area contributed by atoms with Crippen molar-refractivity contribution in [1.82, 2.24) is 9.88 Å². The number of ether oxygens (including phenoxy) is 1. The van der Waals surface area contributed by atoms with E-state index in [-0.39, 0.29) is 23.9 Å². The summed E-state index contributed by atoms with van der Waals surface area (Å²) in [5.41, 5.74) is 6.21. The van der Waals surface area contributed by atoms with Crippen molar-refractivity contribution in [2.24, 2.45) is 0 Å². The molecule has 0 saturated heterocycles. The molecule has 5 rings (SSSR count). The van der Waals surface area contributed by atoms with E-state index in [1.54, 1.807) is 4.90 Å². The first-order chi connectivity index (χ1) is 16.2. The fourth-order valence-electron chi connectivity index (χ4n) is 5.20. The Balaban J connectivity index is 1.52. The van der Waals surface area contributed by atoms with Crippen molar-refractivity contribution >= 4 is 28.5 Å². The average molecular weight is 458 g/mol. The minimum Gasteiger partial charge on any atom is -0.444 e. The summed E-state index contributed by atoms with van der Waals surface area (Å²) in [6.45, 7) is 5.07. The van der Waals surface area contributed by atoms with E-state index < -0.39 is 0 Å². The number of allylic oxidation sites excluding steroid dienone is 1. The highest BCUT2D eigenvalue weighted by molar-refractivity contribution is 6.12. The highest BCUT2D eigenvalue weighted by Gasteiger charge is 2.40. The second-order valence-electron chi connectivity index (χ2n) is 10.2. The van der Waals surface area contributed by atoms with Gasteiger partial charge in [-0.3, -0.25) is 9.69 Å². The van der Waals surface area contributed by atoms with E-state index in [4.69, 9.17) is 4.74 Å². The number of carbonyl (C=O) groups is 2. The predicted molar refractivity (Wildman–Crippen MR) is 134 cm³/mol. The number of hydrogen-bond donors (Lipinski definition) is 1. The number of Topliss-reactive ketones (excluding diaryl/α,β-unsaturated/α-hetero) is 1. The van der Waals surface area contributed by atoms with Crippen LogP contribution in [-0.2, 0) is 23.2 Å². The van der Waals surface area contributed by atoms with Crippen LogP contribution in [0.5, 0.6) is 0 Å². The van der Waals surface area contributed by atoms with Crippen molar-refractivity contribution in [3.63, 3.8) is 0 Å². The minimum atomic E-state index is -0.344. The molecule has 1 aromatic heterocycles. The van der Waals surface area contributed by atoms with E-state index in [0.717, 1.165) is 58.1 Å². The molecule has 1 aliphatic carbocycles. The molecule has 2 aliphatic rings. The second-order valence-corrected chi connectivity index (χ2v) is 10.2. The number of aromatic nitrogens is 1. The molecule has 0 spiro atoms. The molecule has 2 aromatic carbocycles. The predicted octanol–water partition coefficient (Wildman–Crippen LogP) is 5.57. The van der Waals surface area contributed by atoms with E-state index in [1.165, 1.54) is 0 Å². The van der Waals surface area contributed by atoms with Crippen LogP contribution in [0.25, 0.3) is 10.9 Å². The van der Waals surface area contributed by atoms with Gasteiger partial charge in [-0.05, 0) is 48.1 Å². The molecule has 0 bridgehead atoms. The van der Waals surface area contributed by atoms with Gasteiger partial charge in [-0.1, -0.05) is 44.2 Å². The van der Waals surface area contributed by atoms with Crippen molar-refractivity contribution in [2.45, 2.75) is 45.1 Å². The number of nitrogens with one attached hydrogen (secondary N) is 1. The number of benzene rings is 2. The number of nitrogens with zero attached hydrogens (tertiary/aromatic N) is 2. The number of aromatic amines is 1. The number of anilines is 1. The third-order valence-corrected chi connectivity index (χ3v) is 6.83. The van der Waals surface area contributed by atoms with Gasteiger partial charge >= 0.3 is 6.09 Å². The van der Waals surface area contributed by atoms with Crippen LogP contribution in [0.4, 0.5) is 10.5 Å². The molecule has 0 fully saturated rings. The lowest BCUT2D eigenvalue weighted by molar-refractivity contribution is 0.102. The molecule has 3 aromatic rings. The molecule has 1 amide bonds. The standard InChI is InChI=1S/C28H31N3O3/c1-28(2)17-31(27(33)34-16-18-9-6-5-7-10-18)24-13-21-20-12-8-11-19(15-30(3)4)26(32)25(20)29-23(21)14-22(24)28/h5-7,9-10,13-15,29H,8,11-12,16-17H2,1-4H3/b19-15-. The third kappa shape index (κ3) is 3.87. The van der Waals surface area contributed by atoms with Crippen molar-refractivity contribution in [1.29, 1.82) is 0 Å². The molecular weight excluding hydrogens is 426 g/mol. The number of aryl methyl sites for hydroxylation is 1. The van der Waals surface area contributed by atoms with Gasteiger partial charge in [0.1, 0.15) is 6.61 Å². The van der Waals surface area contributed by atoms with Crippen molar-refractivity contribution < 1.29 is 14.3 Å². The van der Waals surface area contributed by atoms with Crippen LogP contribution in [0.15, 0.2) is 54.2 Å². The van der Waals surface area contributed by atoms with Gasteiger partial charge in [0.05, 0.1) is 11.4 Å². The maximum absolute atomic E-state index is 13.3. The van der Waals surface area contributed by atoms with Gasteiger partial charge in [0.15, 0.2) is 0 Å². The SMILES string of the molecule is CN(C)/C=C1/CCCc2c([nH]c3cc4c(cc23)N(C(=O)OCc2ccccc2)CC4(C)C)C1=O. The largest absolute Gasteiger partial charge is 0.444 e. The van der Waals surface area contributed by atoms with E-state index in [2.05, 4.69) is 31.0 Å². The number of hydrogen-bond acceptors (Lipinski definition) is 4. The van der Waals surface area contributed by atoms with E-state index in [9.17, 15) is 9.59 Å². The van der Waals surface area contributed by atoms with Gasteiger partial charge in [0.2, 0.25) is 5.78 Å². The molecule has 0 atom stereocenters. The number of H-pyrrole nitrogens is 1. The zero-order valence-electron chi connectivity index (χ0n) is 20.3. The normalized spacial score (nSPS) is 18.1. The molecule has 6 heteroatoms. The first-order valence-corrected chi connectivity index (χ1v) is 11.8. The van der Waals surface area contributed by atoms with Gasteiger partial charge in [-0.15, -0.1) is 0 Å². The molecule has 0 unspecified atom stereocenters. The minimum absolute atomic E-state index is 0.0657. The van der Waals surface area contributed by atoms with Crippen LogP contribution in [0.1, 0.15) is 53.9 Å². The third-order valence-electron chi connectivity index (χ3n) is 6.83. The summed E-state index contributed by atoms with van der Waals surface area (Å²) in [7, 11) is 3.88. The molecule has 1 aliphatic heterocycles. The van der Waals surface area contributed by atoms with Gasteiger partial charge in [-0.2, -0.15) is 0 Å². The van der Waals surface area contributed by atoms with Crippen LogP contribution in [0.3, 0.4) is 0 Å². The number of amides is 1. The molecule has 34 heavy (non-hydrogen) atoms. The summed E-state index contributed by atoms with van der Waals surface area (Å²) < 4.78 is 5.67. The smallest absolute Gasteiger partial charge is 0.414 e. The molecule has 0 saturated carbocycles. The fourth-order valence-corrected chi connectivity index (χ4v) is 5.20. The summed E-state index contributed by atoms with van der Waals surface area (Å²) >= 11 is 0. The van der Waals surface area contributed by atoms with Crippen LogP contribution in [-0.4, -0.2) is 42.4 Å². The Kier molecular flexibility index (Phi) is 5.47. The maximum atomic E-state index is 13.3. The number of rotatable bonds is 3. The van der Waals surface area contributed by atoms with Crippen LogP contribution in [0, 0.1) is 0 Å². The van der Waals surface area contributed by atoms with Gasteiger partial charge < -0.3 is 14.6 Å². The zero-order chi connectivity index (χ0) is 24.0. The van der Waals surface area contributed by atoms with Crippen LogP contribution < -0.4 is 4.90 Å². The highest BCUT2D eigenvalue weighted by atomic mass is 16.6. The lowest BCUT2D eigenvalue weighted by atomic mass is 9.86. The molecular formula is C28H31N3O3. The summed E-state index contributed by atoms with van der Waals surface area (Å²) in [6, 6.07) is 13.9. The van der Waals surface area contributed by atoms with Crippen molar-refractivity contribution in [3.8, 4) is 0 Å². The average Bonchev–Trinajstić information content (AvgIpc) is 3.24. The molecule has 176 valence electrons. The highest BCUT2D eigenvalue weighted by Crippen LogP contribution is 2.44. The Bertz CT molecular complexity index is 1300. The maximum Gasteiger partial charge on any atom is 0.414 e. The van der Waals surface area contributed by atoms with Gasteiger partial charge in [-0.25, -0.2) is 4.79 Å². The van der Waals surface area contributed by atoms with Crippen molar-refractivity contribution in [3.05, 3.63) is 76.6 Å². The monoisotopic (exact) mass is 457 g/mol. The zero-order valence-corrected chi connectivity index (χ0v) is 20.3. The Morgan fingerprint density at radius 2 is 1.94 bits per heavy atom. The summed E-state index contributed by atoms with van der Waals surface area (Å²) in [5.74, 6) is 0.0657. The van der Waals surface area contributed by atoms with E-state index >= 15 is 0 Å². The molecule has 1 N–H and O–H groups in total. The quantitative estimate of drug-likeness (QED) is 0.413. The number of fused-ring (bicyclic) bond motifs is 4. The Hall–Kier alpha value is -3.54. The van der Waals surface area contributed by atoms with E-state index in [0.29, 0.717) is 12.2 Å². The lowest BCUT2D eigenvalue weighted by Gasteiger charge is -2.20. The summed E-state index contributed by atoms with van der Waals surface area (Å²) in [4.78, 5) is 33.5. The Morgan fingerprint density at radius 1 is 1.18 bits per heavy atom. The first kappa shape index (κ1) is 22.3. The van der Waals surface area contributed by atoms with Crippen molar-refractivity contribution in [2.75, 3.05) is 25.5 Å². The van der Waals surface area contributed by atoms with Crippen LogP contribution in [0.2, 0.25) is 0 Å². The van der Waals surface area contributed by atoms with Crippen LogP contribution >= 0.6 is 0 Å². The molecule has 6 nitrogen and oxygen atoms in total. The topological polar surface area (TPSA) is 65.6 Å². The number of ketones is 1. The summed E-state index contributed by atoms with van der Waals surface area (Å²) in [6.07, 6.45) is 4.08. The van der Waals surface area contributed by atoms with Gasteiger partial charge in [0, 0.05) is 48.7 Å². The molecule has 0 radical (unpaired) electrons. The van der Waals surface area contributed by atoms with Gasteiger partial charge in [0.25, 0.3) is 0 Å². The second kappa shape index (κ2) is 8.35. The lowest BCUT2D eigenvalue weighted by Crippen LogP contribution is -2.34. The molecule has 2 heterocycles.